The second-order valence-electron chi connectivity index (χ2n) is 7.35. The number of thiophene rings is 1. The SMILES string of the molecule is CCNC(=NCC(c1cccs1)N(C)C)NCC(O)c1ccc(OC(C)C)cc1.I. The minimum absolute atomic E-state index is 0. The summed E-state index contributed by atoms with van der Waals surface area (Å²) in [5.41, 5.74) is 0.842. The van der Waals surface area contributed by atoms with Crippen molar-refractivity contribution in [1.82, 2.24) is 15.5 Å². The fourth-order valence-electron chi connectivity index (χ4n) is 2.86. The minimum Gasteiger partial charge on any atom is -0.491 e. The number of aliphatic hydroxyl groups excluding tert-OH is 1. The Morgan fingerprint density at radius 1 is 1.17 bits per heavy atom. The van der Waals surface area contributed by atoms with Gasteiger partial charge in [-0.2, -0.15) is 0 Å². The molecule has 3 N–H and O–H groups in total. The lowest BCUT2D eigenvalue weighted by Gasteiger charge is -2.22. The first-order chi connectivity index (χ1) is 13.9. The molecule has 2 atom stereocenters. The molecule has 0 radical (unpaired) electrons. The highest BCUT2D eigenvalue weighted by Gasteiger charge is 2.15. The first-order valence-electron chi connectivity index (χ1n) is 10.1. The van der Waals surface area contributed by atoms with E-state index in [1.807, 2.05) is 45.0 Å². The summed E-state index contributed by atoms with van der Waals surface area (Å²) in [4.78, 5) is 8.20. The highest BCUT2D eigenvalue weighted by atomic mass is 127. The monoisotopic (exact) mass is 546 g/mol. The number of halogens is 1. The van der Waals surface area contributed by atoms with Crippen LogP contribution < -0.4 is 15.4 Å². The molecule has 0 aliphatic rings. The molecule has 0 saturated carbocycles. The molecule has 0 saturated heterocycles. The molecule has 30 heavy (non-hydrogen) atoms. The van der Waals surface area contributed by atoms with Gasteiger partial charge in [0.05, 0.1) is 24.8 Å². The van der Waals surface area contributed by atoms with Crippen molar-refractivity contribution in [3.05, 3.63) is 52.2 Å². The lowest BCUT2D eigenvalue weighted by molar-refractivity contribution is 0.180. The third kappa shape index (κ3) is 8.79. The number of ether oxygens (including phenoxy) is 1. The summed E-state index contributed by atoms with van der Waals surface area (Å²) < 4.78 is 5.65. The van der Waals surface area contributed by atoms with E-state index in [-0.39, 0.29) is 36.1 Å². The van der Waals surface area contributed by atoms with Gasteiger partial charge in [0.25, 0.3) is 0 Å². The number of aliphatic hydroxyl groups is 1. The maximum absolute atomic E-state index is 10.5. The van der Waals surface area contributed by atoms with Gasteiger partial charge in [0.2, 0.25) is 0 Å². The van der Waals surface area contributed by atoms with Crippen molar-refractivity contribution in [2.75, 3.05) is 33.7 Å². The summed E-state index contributed by atoms with van der Waals surface area (Å²) in [6, 6.07) is 12.0. The number of aliphatic imine (C=N–C) groups is 1. The van der Waals surface area contributed by atoms with Crippen LogP contribution in [0.2, 0.25) is 0 Å². The highest BCUT2D eigenvalue weighted by Crippen LogP contribution is 2.23. The number of nitrogens with zero attached hydrogens (tertiary/aromatic N) is 2. The van der Waals surface area contributed by atoms with Gasteiger partial charge in [-0.1, -0.05) is 18.2 Å². The number of rotatable bonds is 10. The smallest absolute Gasteiger partial charge is 0.191 e. The van der Waals surface area contributed by atoms with Gasteiger partial charge in [-0.05, 0) is 64.0 Å². The Morgan fingerprint density at radius 3 is 2.40 bits per heavy atom. The molecular weight excluding hydrogens is 511 g/mol. The van der Waals surface area contributed by atoms with Gasteiger partial charge >= 0.3 is 0 Å². The van der Waals surface area contributed by atoms with E-state index >= 15 is 0 Å². The molecule has 6 nitrogen and oxygen atoms in total. The van der Waals surface area contributed by atoms with Crippen molar-refractivity contribution in [1.29, 1.82) is 0 Å². The van der Waals surface area contributed by atoms with Gasteiger partial charge in [-0.3, -0.25) is 4.99 Å². The zero-order valence-electron chi connectivity index (χ0n) is 18.5. The molecule has 0 aliphatic heterocycles. The van der Waals surface area contributed by atoms with Crippen molar-refractivity contribution >= 4 is 41.3 Å². The van der Waals surface area contributed by atoms with Gasteiger partial charge < -0.3 is 25.4 Å². The maximum Gasteiger partial charge on any atom is 0.191 e. The summed E-state index contributed by atoms with van der Waals surface area (Å²) in [5.74, 6) is 1.51. The summed E-state index contributed by atoms with van der Waals surface area (Å²) in [6.07, 6.45) is -0.500. The average Bonchev–Trinajstić information content (AvgIpc) is 3.20. The van der Waals surface area contributed by atoms with Crippen LogP contribution in [-0.4, -0.2) is 55.8 Å². The van der Waals surface area contributed by atoms with E-state index in [9.17, 15) is 5.11 Å². The minimum atomic E-state index is -0.631. The van der Waals surface area contributed by atoms with Gasteiger partial charge in [0.15, 0.2) is 5.96 Å². The van der Waals surface area contributed by atoms with Crippen LogP contribution >= 0.6 is 35.3 Å². The van der Waals surface area contributed by atoms with E-state index < -0.39 is 6.10 Å². The topological polar surface area (TPSA) is 69.1 Å². The van der Waals surface area contributed by atoms with Crippen LogP contribution in [0.5, 0.6) is 5.75 Å². The number of guanidine groups is 1. The summed E-state index contributed by atoms with van der Waals surface area (Å²) >= 11 is 1.74. The lowest BCUT2D eigenvalue weighted by atomic mass is 10.1. The molecule has 0 fully saturated rings. The molecule has 0 amide bonds. The molecule has 1 aromatic carbocycles. The number of hydrogen-bond acceptors (Lipinski definition) is 5. The summed E-state index contributed by atoms with van der Waals surface area (Å²) in [7, 11) is 4.13. The molecule has 2 rings (SSSR count). The normalized spacial score (nSPS) is 13.7. The number of likely N-dealkylation sites (N-methyl/N-ethyl adjacent to an activating group) is 1. The van der Waals surface area contributed by atoms with Crippen LogP contribution in [-0.2, 0) is 0 Å². The van der Waals surface area contributed by atoms with E-state index in [4.69, 9.17) is 9.73 Å². The Labute approximate surface area is 201 Å². The van der Waals surface area contributed by atoms with Crippen LogP contribution in [0.15, 0.2) is 46.8 Å². The quantitative estimate of drug-likeness (QED) is 0.239. The Hall–Kier alpha value is -1.36. The van der Waals surface area contributed by atoms with E-state index in [1.54, 1.807) is 11.3 Å². The molecule has 8 heteroatoms. The molecular formula is C22H35IN4O2S. The second-order valence-corrected chi connectivity index (χ2v) is 8.33. The third-order valence-electron chi connectivity index (χ3n) is 4.36. The van der Waals surface area contributed by atoms with E-state index in [1.165, 1.54) is 4.88 Å². The molecule has 0 bridgehead atoms. The molecule has 1 heterocycles. The molecule has 1 aromatic heterocycles. The first kappa shape index (κ1) is 26.7. The number of nitrogens with one attached hydrogen (secondary N) is 2. The fraction of sp³-hybridized carbons (Fsp3) is 0.500. The molecule has 0 spiro atoms. The van der Waals surface area contributed by atoms with Crippen molar-refractivity contribution in [2.45, 2.75) is 39.0 Å². The average molecular weight is 547 g/mol. The van der Waals surface area contributed by atoms with E-state index in [0.29, 0.717) is 19.0 Å². The van der Waals surface area contributed by atoms with Crippen LogP contribution in [0.1, 0.15) is 43.4 Å². The van der Waals surface area contributed by atoms with Crippen molar-refractivity contribution in [2.24, 2.45) is 4.99 Å². The Kier molecular flexibility index (Phi) is 12.3. The zero-order valence-corrected chi connectivity index (χ0v) is 21.6. The Morgan fingerprint density at radius 2 is 1.87 bits per heavy atom. The third-order valence-corrected chi connectivity index (χ3v) is 5.33. The number of benzene rings is 1. The molecule has 168 valence electrons. The largest absolute Gasteiger partial charge is 0.491 e. The standard InChI is InChI=1S/C22H34N4O2S.HI/c1-6-23-22(24-14-19(26(4)5)21-8-7-13-29-21)25-15-20(27)17-9-11-18(12-10-17)28-16(2)3;/h7-13,16,19-20,27H,6,14-15H2,1-5H3,(H2,23,24,25);1H. The van der Waals surface area contributed by atoms with Crippen LogP contribution in [0.25, 0.3) is 0 Å². The Balaban J connectivity index is 0.00000450. The fourth-order valence-corrected chi connectivity index (χ4v) is 3.77. The lowest BCUT2D eigenvalue weighted by Crippen LogP contribution is -2.40. The van der Waals surface area contributed by atoms with Crippen molar-refractivity contribution in [3.63, 3.8) is 0 Å². The van der Waals surface area contributed by atoms with Crippen LogP contribution in [0.3, 0.4) is 0 Å². The van der Waals surface area contributed by atoms with Gasteiger partial charge in [-0.15, -0.1) is 35.3 Å². The summed E-state index contributed by atoms with van der Waals surface area (Å²) in [5, 5.41) is 19.1. The maximum atomic E-state index is 10.5. The Bertz CT molecular complexity index is 736. The predicted octanol–water partition coefficient (Wildman–Crippen LogP) is 4.04. The van der Waals surface area contributed by atoms with E-state index in [2.05, 4.69) is 47.1 Å². The van der Waals surface area contributed by atoms with Gasteiger partial charge in [0, 0.05) is 18.0 Å². The molecule has 2 aromatic rings. The summed E-state index contributed by atoms with van der Waals surface area (Å²) in [6.45, 7) is 7.79. The van der Waals surface area contributed by atoms with Gasteiger partial charge in [-0.25, -0.2) is 0 Å². The molecule has 0 aliphatic carbocycles. The molecule has 2 unspecified atom stereocenters. The van der Waals surface area contributed by atoms with E-state index in [0.717, 1.165) is 17.9 Å². The van der Waals surface area contributed by atoms with Crippen molar-refractivity contribution in [3.8, 4) is 5.75 Å². The highest BCUT2D eigenvalue weighted by molar-refractivity contribution is 14.0. The van der Waals surface area contributed by atoms with Crippen molar-refractivity contribution < 1.29 is 9.84 Å². The van der Waals surface area contributed by atoms with Gasteiger partial charge in [0.1, 0.15) is 5.75 Å². The first-order valence-corrected chi connectivity index (χ1v) is 10.9. The zero-order chi connectivity index (χ0) is 21.2. The second kappa shape index (κ2) is 13.8. The number of hydrogen-bond donors (Lipinski definition) is 3. The van der Waals surface area contributed by atoms with Crippen LogP contribution in [0.4, 0.5) is 0 Å². The van der Waals surface area contributed by atoms with Crippen LogP contribution in [0, 0.1) is 0 Å². The predicted molar refractivity (Wildman–Crippen MR) is 137 cm³/mol.